The largest absolute Gasteiger partial charge is 0.496 e. The molecule has 0 spiro atoms. The molecule has 5 heteroatoms. The van der Waals surface area contributed by atoms with Crippen molar-refractivity contribution in [3.05, 3.63) is 47.5 Å². The molecule has 2 aromatic carbocycles. The molecule has 2 aromatic rings. The van der Waals surface area contributed by atoms with Crippen molar-refractivity contribution in [3.8, 4) is 23.0 Å². The minimum absolute atomic E-state index is 0.310. The Hall–Kier alpha value is -1.93. The van der Waals surface area contributed by atoms with E-state index >= 15 is 0 Å². The van der Waals surface area contributed by atoms with E-state index in [2.05, 4.69) is 27.7 Å². The van der Waals surface area contributed by atoms with Crippen molar-refractivity contribution < 1.29 is 18.9 Å². The Kier molecular flexibility index (Phi) is 9.50. The Labute approximate surface area is 190 Å². The molecule has 0 aliphatic carbocycles. The minimum Gasteiger partial charge on any atom is -0.496 e. The van der Waals surface area contributed by atoms with Gasteiger partial charge in [0, 0.05) is 23.5 Å². The third-order valence-electron chi connectivity index (χ3n) is 5.35. The van der Waals surface area contributed by atoms with Crippen LogP contribution < -0.4 is 18.9 Å². The topological polar surface area (TPSA) is 36.9 Å². The fraction of sp³-hybridized carbons (Fsp3) is 0.538. The molecule has 0 saturated carbocycles. The predicted octanol–water partition coefficient (Wildman–Crippen LogP) is 6.98. The van der Waals surface area contributed by atoms with Crippen LogP contribution in [0.2, 0.25) is 0 Å². The normalized spacial score (nSPS) is 12.5. The maximum atomic E-state index is 5.70. The van der Waals surface area contributed by atoms with Crippen LogP contribution in [0.15, 0.2) is 36.4 Å². The Morgan fingerprint density at radius 1 is 0.710 bits per heavy atom. The highest BCUT2D eigenvalue weighted by Crippen LogP contribution is 2.52. The smallest absolute Gasteiger partial charge is 0.126 e. The van der Waals surface area contributed by atoms with Crippen molar-refractivity contribution in [1.29, 1.82) is 0 Å². The molecular weight excluding hydrogens is 407 g/mol. The Morgan fingerprint density at radius 3 is 1.35 bits per heavy atom. The van der Waals surface area contributed by atoms with Gasteiger partial charge in [0.15, 0.2) is 0 Å². The molecule has 0 bridgehead atoms. The van der Waals surface area contributed by atoms with Crippen LogP contribution in [0, 0.1) is 11.3 Å². The number of hydrogen-bond acceptors (Lipinski definition) is 4. The SMILES string of the molecule is COc1cccc(OC)c1CP(Cc1c(OC)cccc1OC)CC(C)CC(C)(C)C. The van der Waals surface area contributed by atoms with E-state index in [-0.39, 0.29) is 0 Å². The minimum atomic E-state index is -0.413. The zero-order valence-corrected chi connectivity index (χ0v) is 21.3. The quantitative estimate of drug-likeness (QED) is 0.349. The number of methoxy groups -OCH3 is 4. The molecule has 0 aromatic heterocycles. The van der Waals surface area contributed by atoms with Crippen LogP contribution >= 0.6 is 7.92 Å². The second-order valence-electron chi connectivity index (χ2n) is 9.32. The first kappa shape index (κ1) is 25.3. The van der Waals surface area contributed by atoms with Gasteiger partial charge in [-0.25, -0.2) is 0 Å². The number of benzene rings is 2. The number of rotatable bonds is 11. The number of hydrogen-bond donors (Lipinski definition) is 0. The maximum Gasteiger partial charge on any atom is 0.126 e. The second kappa shape index (κ2) is 11.6. The second-order valence-corrected chi connectivity index (χ2v) is 11.7. The molecule has 0 N–H and O–H groups in total. The Morgan fingerprint density at radius 2 is 1.06 bits per heavy atom. The molecule has 0 heterocycles. The van der Waals surface area contributed by atoms with Gasteiger partial charge in [-0.1, -0.05) is 47.7 Å². The Balaban J connectivity index is 2.41. The van der Waals surface area contributed by atoms with Gasteiger partial charge in [-0.3, -0.25) is 0 Å². The summed E-state index contributed by atoms with van der Waals surface area (Å²) >= 11 is 0. The van der Waals surface area contributed by atoms with Gasteiger partial charge in [-0.05, 0) is 48.2 Å². The van der Waals surface area contributed by atoms with Crippen LogP contribution in [0.3, 0.4) is 0 Å². The lowest BCUT2D eigenvalue weighted by Crippen LogP contribution is -2.14. The van der Waals surface area contributed by atoms with Crippen LogP contribution in [0.5, 0.6) is 23.0 Å². The molecule has 0 radical (unpaired) electrons. The number of ether oxygens (including phenoxy) is 4. The summed E-state index contributed by atoms with van der Waals surface area (Å²) in [6.45, 7) is 9.33. The molecule has 4 nitrogen and oxygen atoms in total. The van der Waals surface area contributed by atoms with Crippen molar-refractivity contribution in [1.82, 2.24) is 0 Å². The molecule has 0 saturated heterocycles. The lowest BCUT2D eigenvalue weighted by atomic mass is 9.86. The van der Waals surface area contributed by atoms with Gasteiger partial charge < -0.3 is 18.9 Å². The summed E-state index contributed by atoms with van der Waals surface area (Å²) in [5, 5.41) is 0. The van der Waals surface area contributed by atoms with E-state index in [0.717, 1.165) is 52.6 Å². The summed E-state index contributed by atoms with van der Waals surface area (Å²) in [5.74, 6) is 4.18. The first-order valence-electron chi connectivity index (χ1n) is 10.8. The van der Waals surface area contributed by atoms with Gasteiger partial charge in [-0.15, -0.1) is 0 Å². The van der Waals surface area contributed by atoms with E-state index in [1.54, 1.807) is 28.4 Å². The summed E-state index contributed by atoms with van der Waals surface area (Å²) in [6, 6.07) is 12.0. The molecule has 0 fully saturated rings. The third-order valence-corrected chi connectivity index (χ3v) is 8.02. The van der Waals surface area contributed by atoms with Gasteiger partial charge in [0.05, 0.1) is 28.4 Å². The lowest BCUT2D eigenvalue weighted by Gasteiger charge is -2.28. The van der Waals surface area contributed by atoms with Crippen LogP contribution in [0.4, 0.5) is 0 Å². The zero-order valence-electron chi connectivity index (χ0n) is 20.5. The molecule has 1 unspecified atom stereocenters. The van der Waals surface area contributed by atoms with E-state index in [1.807, 2.05) is 36.4 Å². The molecule has 0 amide bonds. The van der Waals surface area contributed by atoms with Crippen molar-refractivity contribution in [2.45, 2.75) is 46.4 Å². The van der Waals surface area contributed by atoms with Gasteiger partial charge in [0.25, 0.3) is 0 Å². The summed E-state index contributed by atoms with van der Waals surface area (Å²) < 4.78 is 22.8. The summed E-state index contributed by atoms with van der Waals surface area (Å²) in [6.07, 6.45) is 4.21. The summed E-state index contributed by atoms with van der Waals surface area (Å²) in [4.78, 5) is 0. The highest BCUT2D eigenvalue weighted by Gasteiger charge is 2.24. The first-order valence-corrected chi connectivity index (χ1v) is 12.7. The molecule has 0 aliphatic heterocycles. The van der Waals surface area contributed by atoms with Gasteiger partial charge in [0.1, 0.15) is 23.0 Å². The molecule has 2 rings (SSSR count). The van der Waals surface area contributed by atoms with E-state index in [0.29, 0.717) is 11.3 Å². The van der Waals surface area contributed by atoms with Crippen molar-refractivity contribution in [3.63, 3.8) is 0 Å². The van der Waals surface area contributed by atoms with Gasteiger partial charge in [0.2, 0.25) is 0 Å². The van der Waals surface area contributed by atoms with Gasteiger partial charge >= 0.3 is 0 Å². The van der Waals surface area contributed by atoms with E-state index < -0.39 is 7.92 Å². The highest BCUT2D eigenvalue weighted by atomic mass is 31.1. The van der Waals surface area contributed by atoms with E-state index in [1.165, 1.54) is 6.42 Å². The van der Waals surface area contributed by atoms with Crippen LogP contribution in [0.1, 0.15) is 45.2 Å². The summed E-state index contributed by atoms with van der Waals surface area (Å²) in [5.41, 5.74) is 2.61. The molecule has 1 atom stereocenters. The average molecular weight is 447 g/mol. The van der Waals surface area contributed by atoms with E-state index in [9.17, 15) is 0 Å². The van der Waals surface area contributed by atoms with Crippen molar-refractivity contribution in [2.24, 2.45) is 11.3 Å². The molecule has 0 aliphatic rings. The molecule has 172 valence electrons. The maximum absolute atomic E-state index is 5.70. The average Bonchev–Trinajstić information content (AvgIpc) is 2.72. The summed E-state index contributed by atoms with van der Waals surface area (Å²) in [7, 11) is 6.50. The van der Waals surface area contributed by atoms with Gasteiger partial charge in [-0.2, -0.15) is 0 Å². The van der Waals surface area contributed by atoms with Crippen LogP contribution in [-0.2, 0) is 12.3 Å². The molecular formula is C26H39O4P. The first-order chi connectivity index (χ1) is 14.7. The van der Waals surface area contributed by atoms with Crippen molar-refractivity contribution in [2.75, 3.05) is 34.6 Å². The predicted molar refractivity (Wildman–Crippen MR) is 132 cm³/mol. The fourth-order valence-electron chi connectivity index (χ4n) is 4.35. The monoisotopic (exact) mass is 446 g/mol. The van der Waals surface area contributed by atoms with E-state index in [4.69, 9.17) is 18.9 Å². The van der Waals surface area contributed by atoms with Crippen molar-refractivity contribution >= 4 is 7.92 Å². The third kappa shape index (κ3) is 7.31. The van der Waals surface area contributed by atoms with Crippen LogP contribution in [0.25, 0.3) is 0 Å². The Bertz CT molecular complexity index is 727. The highest BCUT2D eigenvalue weighted by molar-refractivity contribution is 7.56. The fourth-order valence-corrected chi connectivity index (χ4v) is 7.25. The standard InChI is InChI=1S/C26H39O4P/c1-19(15-26(2,3)4)16-31(17-20-22(27-5)11-9-12-23(20)28-6)18-21-24(29-7)13-10-14-25(21)30-8/h9-14,19H,15-18H2,1-8H3. The molecule has 31 heavy (non-hydrogen) atoms. The zero-order chi connectivity index (χ0) is 23.0. The lowest BCUT2D eigenvalue weighted by molar-refractivity contribution is 0.322. The van der Waals surface area contributed by atoms with Crippen LogP contribution in [-0.4, -0.2) is 34.6 Å².